The van der Waals surface area contributed by atoms with Crippen LogP contribution in [-0.2, 0) is 11.4 Å². The lowest BCUT2D eigenvalue weighted by Crippen LogP contribution is -2.30. The van der Waals surface area contributed by atoms with Gasteiger partial charge in [-0.05, 0) is 73.5 Å². The first-order valence-corrected chi connectivity index (χ1v) is 11.3. The van der Waals surface area contributed by atoms with E-state index in [4.69, 9.17) is 4.74 Å². The summed E-state index contributed by atoms with van der Waals surface area (Å²) in [5, 5.41) is 2.64. The number of nitrogens with zero attached hydrogens (tertiary/aromatic N) is 2. The summed E-state index contributed by atoms with van der Waals surface area (Å²) in [7, 11) is 0. The largest absolute Gasteiger partial charge is 0.489 e. The number of aryl methyl sites for hydroxylation is 1. The highest BCUT2D eigenvalue weighted by atomic mass is 79.9. The van der Waals surface area contributed by atoms with Crippen LogP contribution >= 0.6 is 15.9 Å². The fraction of sp³-hybridized carbons (Fsp3) is 0.154. The number of amides is 3. The first-order valence-electron chi connectivity index (χ1n) is 10.5. The van der Waals surface area contributed by atoms with Gasteiger partial charge in [0, 0.05) is 28.1 Å². The molecule has 168 valence electrons. The Kier molecular flexibility index (Phi) is 6.51. The fourth-order valence-electron chi connectivity index (χ4n) is 3.79. The minimum atomic E-state index is -0.432. The second-order valence-corrected chi connectivity index (χ2v) is 8.68. The lowest BCUT2D eigenvalue weighted by molar-refractivity contribution is -0.122. The third-order valence-electron chi connectivity index (χ3n) is 5.46. The Bertz CT molecular complexity index is 1240. The summed E-state index contributed by atoms with van der Waals surface area (Å²) >= 11 is 3.44. The molecular weight excluding hydrogens is 482 g/mol. The molecule has 0 atom stereocenters. The van der Waals surface area contributed by atoms with Crippen LogP contribution in [0.2, 0.25) is 0 Å². The second-order valence-electron chi connectivity index (χ2n) is 7.76. The number of halogens is 1. The summed E-state index contributed by atoms with van der Waals surface area (Å²) < 4.78 is 9.05. The zero-order valence-electron chi connectivity index (χ0n) is 18.5. The van der Waals surface area contributed by atoms with Gasteiger partial charge in [-0.1, -0.05) is 34.1 Å². The molecule has 0 radical (unpaired) electrons. The molecule has 3 aromatic rings. The van der Waals surface area contributed by atoms with Crippen molar-refractivity contribution in [3.8, 4) is 11.4 Å². The molecule has 1 aliphatic rings. The van der Waals surface area contributed by atoms with Crippen LogP contribution in [0.1, 0.15) is 22.5 Å². The Balaban J connectivity index is 1.52. The van der Waals surface area contributed by atoms with Crippen LogP contribution in [0.4, 0.5) is 4.79 Å². The number of ether oxygens (including phenoxy) is 1. The van der Waals surface area contributed by atoms with Crippen LogP contribution in [-0.4, -0.2) is 28.0 Å². The number of hydrogen-bond acceptors (Lipinski definition) is 3. The molecule has 2 heterocycles. The fourth-order valence-corrected chi connectivity index (χ4v) is 4.06. The van der Waals surface area contributed by atoms with E-state index in [0.717, 1.165) is 43.3 Å². The highest BCUT2D eigenvalue weighted by Crippen LogP contribution is 2.25. The standard InChI is InChI=1S/C26H24BrN3O3/c1-4-13-29-25(31)24(28-26(29)32)15-20-14-17(2)30(18(20)3)22-9-11-23(12-10-22)33-16-19-5-7-21(27)8-6-19/h4-12,14-15H,1,13,16H2,2-3H3,(H,28,32)/b24-15+. The molecule has 3 amide bonds. The van der Waals surface area contributed by atoms with Crippen molar-refractivity contribution in [3.05, 3.63) is 99.9 Å². The van der Waals surface area contributed by atoms with E-state index in [1.807, 2.05) is 68.4 Å². The lowest BCUT2D eigenvalue weighted by Gasteiger charge is -2.12. The van der Waals surface area contributed by atoms with E-state index in [-0.39, 0.29) is 18.1 Å². The summed E-state index contributed by atoms with van der Waals surface area (Å²) in [6.07, 6.45) is 3.25. The third-order valence-corrected chi connectivity index (χ3v) is 5.99. The van der Waals surface area contributed by atoms with E-state index in [0.29, 0.717) is 6.61 Å². The molecule has 0 spiro atoms. The predicted octanol–water partition coefficient (Wildman–Crippen LogP) is 5.51. The van der Waals surface area contributed by atoms with Crippen LogP contribution in [0.15, 0.2) is 77.4 Å². The molecule has 1 aliphatic heterocycles. The summed E-state index contributed by atoms with van der Waals surface area (Å²) in [4.78, 5) is 25.7. The van der Waals surface area contributed by atoms with Crippen molar-refractivity contribution in [2.75, 3.05) is 6.54 Å². The van der Waals surface area contributed by atoms with Crippen molar-refractivity contribution in [2.45, 2.75) is 20.5 Å². The van der Waals surface area contributed by atoms with Crippen molar-refractivity contribution in [1.82, 2.24) is 14.8 Å². The van der Waals surface area contributed by atoms with E-state index in [1.54, 1.807) is 6.08 Å². The molecule has 6 nitrogen and oxygen atoms in total. The summed E-state index contributed by atoms with van der Waals surface area (Å²) in [5.41, 5.74) is 5.19. The van der Waals surface area contributed by atoms with Crippen molar-refractivity contribution < 1.29 is 14.3 Å². The molecule has 33 heavy (non-hydrogen) atoms. The Morgan fingerprint density at radius 3 is 2.42 bits per heavy atom. The molecule has 1 aromatic heterocycles. The highest BCUT2D eigenvalue weighted by molar-refractivity contribution is 9.10. The van der Waals surface area contributed by atoms with Gasteiger partial charge < -0.3 is 14.6 Å². The lowest BCUT2D eigenvalue weighted by atomic mass is 10.2. The van der Waals surface area contributed by atoms with Gasteiger partial charge in [-0.2, -0.15) is 0 Å². The molecular formula is C26H24BrN3O3. The first kappa shape index (κ1) is 22.6. The molecule has 1 saturated heterocycles. The first-order chi connectivity index (χ1) is 15.9. The molecule has 1 N–H and O–H groups in total. The van der Waals surface area contributed by atoms with Crippen LogP contribution < -0.4 is 10.1 Å². The van der Waals surface area contributed by atoms with Crippen LogP contribution in [0, 0.1) is 13.8 Å². The summed E-state index contributed by atoms with van der Waals surface area (Å²) in [6.45, 7) is 8.26. The van der Waals surface area contributed by atoms with Gasteiger partial charge in [0.25, 0.3) is 5.91 Å². The second kappa shape index (κ2) is 9.50. The summed E-state index contributed by atoms with van der Waals surface area (Å²) in [5.74, 6) is 0.435. The van der Waals surface area contributed by atoms with E-state index in [1.165, 1.54) is 6.08 Å². The smallest absolute Gasteiger partial charge is 0.329 e. The Hall–Kier alpha value is -3.58. The minimum absolute atomic E-state index is 0.178. The average Bonchev–Trinajstić information content (AvgIpc) is 3.23. The average molecular weight is 506 g/mol. The highest BCUT2D eigenvalue weighted by Gasteiger charge is 2.32. The number of urea groups is 1. The molecule has 2 aromatic carbocycles. The number of imide groups is 1. The Morgan fingerprint density at radius 2 is 1.76 bits per heavy atom. The van der Waals surface area contributed by atoms with E-state index >= 15 is 0 Å². The van der Waals surface area contributed by atoms with E-state index < -0.39 is 6.03 Å². The van der Waals surface area contributed by atoms with Crippen molar-refractivity contribution in [2.24, 2.45) is 0 Å². The predicted molar refractivity (Wildman–Crippen MR) is 132 cm³/mol. The normalized spacial score (nSPS) is 14.6. The summed E-state index contributed by atoms with van der Waals surface area (Å²) in [6, 6.07) is 17.5. The van der Waals surface area contributed by atoms with Gasteiger partial charge in [-0.15, -0.1) is 6.58 Å². The SMILES string of the molecule is C=CCN1C(=O)N/C(=C/c2cc(C)n(-c3ccc(OCc4ccc(Br)cc4)cc3)c2C)C1=O. The van der Waals surface area contributed by atoms with Gasteiger partial charge in [-0.3, -0.25) is 9.69 Å². The van der Waals surface area contributed by atoms with Crippen LogP contribution in [0.25, 0.3) is 11.8 Å². The van der Waals surface area contributed by atoms with Crippen LogP contribution in [0.5, 0.6) is 5.75 Å². The number of carbonyl (C=O) groups is 2. The number of nitrogens with one attached hydrogen (secondary N) is 1. The van der Waals surface area contributed by atoms with Gasteiger partial charge in [0.1, 0.15) is 18.1 Å². The molecule has 7 heteroatoms. The maximum Gasteiger partial charge on any atom is 0.329 e. The molecule has 0 saturated carbocycles. The maximum atomic E-state index is 12.5. The third kappa shape index (κ3) is 4.78. The number of benzene rings is 2. The topological polar surface area (TPSA) is 63.6 Å². The number of carbonyl (C=O) groups excluding carboxylic acids is 2. The monoisotopic (exact) mass is 505 g/mol. The number of rotatable bonds is 7. The minimum Gasteiger partial charge on any atom is -0.489 e. The van der Waals surface area contributed by atoms with Gasteiger partial charge in [-0.25, -0.2) is 4.79 Å². The Labute approximate surface area is 201 Å². The van der Waals surface area contributed by atoms with E-state index in [2.05, 4.69) is 32.4 Å². The van der Waals surface area contributed by atoms with Gasteiger partial charge in [0.05, 0.1) is 0 Å². The number of hydrogen-bond donors (Lipinski definition) is 1. The van der Waals surface area contributed by atoms with Crippen molar-refractivity contribution in [3.63, 3.8) is 0 Å². The van der Waals surface area contributed by atoms with Crippen molar-refractivity contribution >= 4 is 33.9 Å². The Morgan fingerprint density at radius 1 is 1.06 bits per heavy atom. The van der Waals surface area contributed by atoms with E-state index in [9.17, 15) is 9.59 Å². The van der Waals surface area contributed by atoms with Crippen molar-refractivity contribution in [1.29, 1.82) is 0 Å². The molecule has 4 rings (SSSR count). The van der Waals surface area contributed by atoms with Gasteiger partial charge >= 0.3 is 6.03 Å². The maximum absolute atomic E-state index is 12.5. The van der Waals surface area contributed by atoms with Gasteiger partial charge in [0.2, 0.25) is 0 Å². The molecule has 0 unspecified atom stereocenters. The zero-order valence-corrected chi connectivity index (χ0v) is 20.1. The zero-order chi connectivity index (χ0) is 23.5. The molecule has 0 bridgehead atoms. The van der Waals surface area contributed by atoms with Crippen LogP contribution in [0.3, 0.4) is 0 Å². The molecule has 1 fully saturated rings. The quantitative estimate of drug-likeness (QED) is 0.261. The van der Waals surface area contributed by atoms with Gasteiger partial charge in [0.15, 0.2) is 0 Å². The number of aromatic nitrogens is 1. The molecule has 0 aliphatic carbocycles.